The van der Waals surface area contributed by atoms with E-state index in [0.717, 1.165) is 18.8 Å². The lowest BCUT2D eigenvalue weighted by atomic mass is 9.55. The van der Waals surface area contributed by atoms with Crippen molar-refractivity contribution >= 4 is 0 Å². The Balaban J connectivity index is 1.95. The molecule has 2 rings (SSSR count). The smallest absolute Gasteiger partial charge is 0.0693 e. The number of fused-ring (bicyclic) bond motifs is 1. The van der Waals surface area contributed by atoms with Gasteiger partial charge in [0.1, 0.15) is 0 Å². The Morgan fingerprint density at radius 1 is 1.33 bits per heavy atom. The molecule has 0 aromatic heterocycles. The predicted molar refractivity (Wildman–Crippen MR) is 48.7 cm³/mol. The Bertz CT molecular complexity index is 171. The number of hydrogen-bond donors (Lipinski definition) is 2. The van der Waals surface area contributed by atoms with Gasteiger partial charge in [-0.3, -0.25) is 0 Å². The lowest BCUT2D eigenvalue weighted by molar-refractivity contribution is -0.156. The first kappa shape index (κ1) is 8.52. The van der Waals surface area contributed by atoms with E-state index in [-0.39, 0.29) is 5.60 Å². The SMILES string of the molecule is NCCC1(O)C[C@@H]2CCCC[C@@H]21. The van der Waals surface area contributed by atoms with Crippen molar-refractivity contribution in [1.82, 2.24) is 0 Å². The number of rotatable bonds is 2. The Morgan fingerprint density at radius 2 is 2.08 bits per heavy atom. The van der Waals surface area contributed by atoms with E-state index >= 15 is 0 Å². The highest BCUT2D eigenvalue weighted by atomic mass is 16.3. The number of hydrogen-bond acceptors (Lipinski definition) is 2. The minimum Gasteiger partial charge on any atom is -0.390 e. The van der Waals surface area contributed by atoms with Gasteiger partial charge in [0.05, 0.1) is 5.60 Å². The Kier molecular flexibility index (Phi) is 2.13. The van der Waals surface area contributed by atoms with Gasteiger partial charge in [-0.05, 0) is 44.1 Å². The molecule has 0 aromatic rings. The van der Waals surface area contributed by atoms with Crippen LogP contribution in [0.1, 0.15) is 38.5 Å². The van der Waals surface area contributed by atoms with Gasteiger partial charge in [0, 0.05) is 0 Å². The van der Waals surface area contributed by atoms with Crippen LogP contribution in [-0.4, -0.2) is 17.3 Å². The topological polar surface area (TPSA) is 46.2 Å². The molecule has 3 N–H and O–H groups in total. The molecule has 2 saturated carbocycles. The van der Waals surface area contributed by atoms with Crippen molar-refractivity contribution in [3.8, 4) is 0 Å². The maximum absolute atomic E-state index is 10.1. The normalized spacial score (nSPS) is 46.5. The van der Waals surface area contributed by atoms with Crippen LogP contribution in [0.3, 0.4) is 0 Å². The molecule has 2 aliphatic carbocycles. The zero-order chi connectivity index (χ0) is 8.60. The zero-order valence-corrected chi connectivity index (χ0v) is 7.63. The van der Waals surface area contributed by atoms with Gasteiger partial charge in [0.25, 0.3) is 0 Å². The van der Waals surface area contributed by atoms with E-state index in [9.17, 15) is 5.11 Å². The zero-order valence-electron chi connectivity index (χ0n) is 7.63. The lowest BCUT2D eigenvalue weighted by Gasteiger charge is -2.54. The molecule has 0 aliphatic heterocycles. The quantitative estimate of drug-likeness (QED) is 0.654. The standard InChI is InChI=1S/C10H19NO/c11-6-5-10(12)7-8-3-1-2-4-9(8)10/h8-9,12H,1-7,11H2/t8-,9-,10?/m0/s1. The summed E-state index contributed by atoms with van der Waals surface area (Å²) in [5.41, 5.74) is 5.12. The summed E-state index contributed by atoms with van der Waals surface area (Å²) in [6.07, 6.45) is 7.11. The fraction of sp³-hybridized carbons (Fsp3) is 1.00. The van der Waals surface area contributed by atoms with Crippen LogP contribution in [-0.2, 0) is 0 Å². The lowest BCUT2D eigenvalue weighted by Crippen LogP contribution is -2.55. The van der Waals surface area contributed by atoms with E-state index in [2.05, 4.69) is 0 Å². The van der Waals surface area contributed by atoms with Gasteiger partial charge in [0.15, 0.2) is 0 Å². The molecule has 12 heavy (non-hydrogen) atoms. The second-order valence-corrected chi connectivity index (χ2v) is 4.50. The summed E-state index contributed by atoms with van der Waals surface area (Å²) in [5, 5.41) is 10.1. The molecule has 2 nitrogen and oxygen atoms in total. The van der Waals surface area contributed by atoms with Crippen molar-refractivity contribution in [2.45, 2.75) is 44.1 Å². The second-order valence-electron chi connectivity index (χ2n) is 4.50. The molecule has 2 aliphatic rings. The molecule has 0 spiro atoms. The van der Waals surface area contributed by atoms with Gasteiger partial charge < -0.3 is 10.8 Å². The van der Waals surface area contributed by atoms with Crippen LogP contribution in [0.15, 0.2) is 0 Å². The van der Waals surface area contributed by atoms with Crippen LogP contribution >= 0.6 is 0 Å². The van der Waals surface area contributed by atoms with Crippen LogP contribution in [0.4, 0.5) is 0 Å². The molecule has 0 radical (unpaired) electrons. The van der Waals surface area contributed by atoms with Crippen LogP contribution in [0.5, 0.6) is 0 Å². The first-order valence-corrected chi connectivity index (χ1v) is 5.19. The summed E-state index contributed by atoms with van der Waals surface area (Å²) in [6.45, 7) is 0.639. The van der Waals surface area contributed by atoms with E-state index in [0.29, 0.717) is 12.5 Å². The van der Waals surface area contributed by atoms with Crippen LogP contribution in [0.25, 0.3) is 0 Å². The van der Waals surface area contributed by atoms with Gasteiger partial charge in [-0.25, -0.2) is 0 Å². The summed E-state index contributed by atoms with van der Waals surface area (Å²) in [6, 6.07) is 0. The number of nitrogens with two attached hydrogens (primary N) is 1. The van der Waals surface area contributed by atoms with Crippen molar-refractivity contribution in [3.63, 3.8) is 0 Å². The Morgan fingerprint density at radius 3 is 2.75 bits per heavy atom. The average Bonchev–Trinajstić information content (AvgIpc) is 2.04. The fourth-order valence-corrected chi connectivity index (χ4v) is 3.14. The molecule has 0 bridgehead atoms. The molecule has 70 valence electrons. The second kappa shape index (κ2) is 3.00. The van der Waals surface area contributed by atoms with Crippen LogP contribution in [0.2, 0.25) is 0 Å². The monoisotopic (exact) mass is 169 g/mol. The largest absolute Gasteiger partial charge is 0.390 e. The molecule has 0 saturated heterocycles. The van der Waals surface area contributed by atoms with E-state index in [1.807, 2.05) is 0 Å². The van der Waals surface area contributed by atoms with Gasteiger partial charge in [0.2, 0.25) is 0 Å². The molecule has 2 fully saturated rings. The van der Waals surface area contributed by atoms with Crippen molar-refractivity contribution < 1.29 is 5.11 Å². The molecular formula is C10H19NO. The van der Waals surface area contributed by atoms with Gasteiger partial charge >= 0.3 is 0 Å². The first-order valence-electron chi connectivity index (χ1n) is 5.19. The summed E-state index contributed by atoms with van der Waals surface area (Å²) >= 11 is 0. The highest BCUT2D eigenvalue weighted by Crippen LogP contribution is 2.53. The van der Waals surface area contributed by atoms with Crippen molar-refractivity contribution in [2.75, 3.05) is 6.54 Å². The van der Waals surface area contributed by atoms with E-state index in [1.54, 1.807) is 0 Å². The predicted octanol–water partition coefficient (Wildman–Crippen LogP) is 1.28. The summed E-state index contributed by atoms with van der Waals surface area (Å²) < 4.78 is 0. The third kappa shape index (κ3) is 1.17. The maximum Gasteiger partial charge on any atom is 0.0693 e. The van der Waals surface area contributed by atoms with Gasteiger partial charge in [-0.15, -0.1) is 0 Å². The van der Waals surface area contributed by atoms with Crippen molar-refractivity contribution in [2.24, 2.45) is 17.6 Å². The van der Waals surface area contributed by atoms with Crippen LogP contribution < -0.4 is 5.73 Å². The molecule has 3 atom stereocenters. The average molecular weight is 169 g/mol. The highest BCUT2D eigenvalue weighted by Gasteiger charge is 2.51. The molecular weight excluding hydrogens is 150 g/mol. The highest BCUT2D eigenvalue weighted by molar-refractivity contribution is 5.03. The van der Waals surface area contributed by atoms with Gasteiger partial charge in [-0.2, -0.15) is 0 Å². The van der Waals surface area contributed by atoms with Gasteiger partial charge in [-0.1, -0.05) is 12.8 Å². The first-order chi connectivity index (χ1) is 5.76. The molecule has 0 amide bonds. The molecule has 0 aromatic carbocycles. The minimum atomic E-state index is -0.361. The van der Waals surface area contributed by atoms with Crippen LogP contribution in [0, 0.1) is 11.8 Å². The fourth-order valence-electron chi connectivity index (χ4n) is 3.14. The summed E-state index contributed by atoms with van der Waals surface area (Å²) in [7, 11) is 0. The van der Waals surface area contributed by atoms with E-state index < -0.39 is 0 Å². The summed E-state index contributed by atoms with van der Waals surface area (Å²) in [4.78, 5) is 0. The van der Waals surface area contributed by atoms with Crippen molar-refractivity contribution in [3.05, 3.63) is 0 Å². The molecule has 2 heteroatoms. The molecule has 0 heterocycles. The van der Waals surface area contributed by atoms with Crippen molar-refractivity contribution in [1.29, 1.82) is 0 Å². The number of aliphatic hydroxyl groups is 1. The Hall–Kier alpha value is -0.0800. The Labute approximate surface area is 74.1 Å². The third-order valence-corrected chi connectivity index (χ3v) is 3.79. The summed E-state index contributed by atoms with van der Waals surface area (Å²) in [5.74, 6) is 1.42. The maximum atomic E-state index is 10.1. The van der Waals surface area contributed by atoms with E-state index in [1.165, 1.54) is 25.7 Å². The third-order valence-electron chi connectivity index (χ3n) is 3.79. The minimum absolute atomic E-state index is 0.361. The molecule has 1 unspecified atom stereocenters. The van der Waals surface area contributed by atoms with E-state index in [4.69, 9.17) is 5.73 Å².